The summed E-state index contributed by atoms with van der Waals surface area (Å²) >= 11 is 0. The van der Waals surface area contributed by atoms with Crippen LogP contribution in [0.15, 0.2) is 18.3 Å². The first-order valence-corrected chi connectivity index (χ1v) is 5.98. The Hall–Kier alpha value is -1.48. The zero-order valence-electron chi connectivity index (χ0n) is 10.2. The van der Waals surface area contributed by atoms with Crippen LogP contribution in [-0.4, -0.2) is 22.8 Å². The van der Waals surface area contributed by atoms with Crippen LogP contribution in [0.3, 0.4) is 0 Å². The van der Waals surface area contributed by atoms with E-state index in [1.807, 2.05) is 12.3 Å². The van der Waals surface area contributed by atoms with E-state index in [4.69, 9.17) is 4.74 Å². The van der Waals surface area contributed by atoms with Gasteiger partial charge in [0, 0.05) is 18.0 Å². The molecule has 0 saturated heterocycles. The number of aromatic nitrogens is 1. The molecule has 0 spiro atoms. The average molecular weight is 231 g/mol. The summed E-state index contributed by atoms with van der Waals surface area (Å²) < 4.78 is 5.40. The van der Waals surface area contributed by atoms with E-state index in [0.717, 1.165) is 36.1 Å². The number of rotatable bonds is 3. The molecule has 0 atom stereocenters. The molecule has 3 nitrogen and oxygen atoms in total. The molecule has 1 aromatic carbocycles. The lowest BCUT2D eigenvalue weighted by Gasteiger charge is -2.10. The number of ether oxygens (including phenoxy) is 1. The Bertz CT molecular complexity index is 567. The fourth-order valence-corrected chi connectivity index (χ4v) is 2.35. The van der Waals surface area contributed by atoms with E-state index in [0.29, 0.717) is 0 Å². The van der Waals surface area contributed by atoms with Crippen molar-refractivity contribution in [2.24, 2.45) is 0 Å². The normalized spacial score (nSPS) is 17.4. The van der Waals surface area contributed by atoms with Crippen LogP contribution in [0.25, 0.3) is 10.9 Å². The first kappa shape index (κ1) is 10.7. The standard InChI is InChI=1S/C14H17NO2/c1-9-8-15-13-11(9)5-10(6-12(13)17-2)7-14(16)3-4-14/h5-6,8,15-16H,3-4,7H2,1-2H3. The number of benzene rings is 1. The number of methoxy groups -OCH3 is 1. The van der Waals surface area contributed by atoms with Crippen molar-refractivity contribution >= 4 is 10.9 Å². The quantitative estimate of drug-likeness (QED) is 0.852. The molecule has 0 bridgehead atoms. The molecule has 0 aliphatic heterocycles. The Morgan fingerprint density at radius 3 is 2.82 bits per heavy atom. The number of aliphatic hydroxyl groups is 1. The molecule has 2 aromatic rings. The lowest BCUT2D eigenvalue weighted by atomic mass is 10.0. The van der Waals surface area contributed by atoms with Gasteiger partial charge in [0.2, 0.25) is 0 Å². The largest absolute Gasteiger partial charge is 0.495 e. The van der Waals surface area contributed by atoms with Gasteiger partial charge in [-0.3, -0.25) is 0 Å². The van der Waals surface area contributed by atoms with Crippen LogP contribution in [0.2, 0.25) is 0 Å². The van der Waals surface area contributed by atoms with Gasteiger partial charge in [-0.15, -0.1) is 0 Å². The Morgan fingerprint density at radius 1 is 1.41 bits per heavy atom. The van der Waals surface area contributed by atoms with E-state index in [1.54, 1.807) is 7.11 Å². The summed E-state index contributed by atoms with van der Waals surface area (Å²) in [6.45, 7) is 2.08. The fraction of sp³-hybridized carbons (Fsp3) is 0.429. The maximum absolute atomic E-state index is 9.99. The van der Waals surface area contributed by atoms with Gasteiger partial charge in [0.25, 0.3) is 0 Å². The maximum Gasteiger partial charge on any atom is 0.143 e. The van der Waals surface area contributed by atoms with Gasteiger partial charge in [-0.1, -0.05) is 0 Å². The Labute approximate surface area is 100 Å². The molecule has 17 heavy (non-hydrogen) atoms. The van der Waals surface area contributed by atoms with E-state index in [2.05, 4.69) is 18.0 Å². The first-order valence-electron chi connectivity index (χ1n) is 5.98. The second kappa shape index (κ2) is 3.50. The molecule has 0 amide bonds. The van der Waals surface area contributed by atoms with Gasteiger partial charge >= 0.3 is 0 Å². The predicted molar refractivity (Wildman–Crippen MR) is 67.5 cm³/mol. The number of H-pyrrole nitrogens is 1. The molecule has 3 heteroatoms. The zero-order chi connectivity index (χ0) is 12.0. The van der Waals surface area contributed by atoms with Crippen LogP contribution in [0.5, 0.6) is 5.75 Å². The highest BCUT2D eigenvalue weighted by atomic mass is 16.5. The average Bonchev–Trinajstić information content (AvgIpc) is 2.91. The minimum atomic E-state index is -0.455. The molecule has 1 fully saturated rings. The second-order valence-corrected chi connectivity index (χ2v) is 5.09. The molecular weight excluding hydrogens is 214 g/mol. The van der Waals surface area contributed by atoms with E-state index < -0.39 is 5.60 Å². The number of nitrogens with one attached hydrogen (secondary N) is 1. The Kier molecular flexibility index (Phi) is 2.20. The van der Waals surface area contributed by atoms with E-state index in [-0.39, 0.29) is 0 Å². The zero-order valence-corrected chi connectivity index (χ0v) is 10.2. The lowest BCUT2D eigenvalue weighted by molar-refractivity contribution is 0.151. The van der Waals surface area contributed by atoms with Crippen LogP contribution in [0.1, 0.15) is 24.0 Å². The van der Waals surface area contributed by atoms with Crippen molar-refractivity contribution in [3.05, 3.63) is 29.5 Å². The van der Waals surface area contributed by atoms with Gasteiger partial charge in [0.05, 0.1) is 18.2 Å². The summed E-state index contributed by atoms with van der Waals surface area (Å²) in [6.07, 6.45) is 4.55. The molecule has 1 aromatic heterocycles. The number of aryl methyl sites for hydroxylation is 1. The first-order chi connectivity index (χ1) is 8.11. The van der Waals surface area contributed by atoms with Crippen LogP contribution in [0, 0.1) is 6.92 Å². The molecule has 3 rings (SSSR count). The maximum atomic E-state index is 9.99. The minimum absolute atomic E-state index is 0.455. The van der Waals surface area contributed by atoms with Crippen molar-refractivity contribution in [3.8, 4) is 5.75 Å². The molecule has 0 radical (unpaired) electrons. The van der Waals surface area contributed by atoms with Gasteiger partial charge in [0.1, 0.15) is 5.75 Å². The van der Waals surface area contributed by atoms with Crippen molar-refractivity contribution in [2.75, 3.05) is 7.11 Å². The molecule has 1 aliphatic rings. The van der Waals surface area contributed by atoms with E-state index in [1.165, 1.54) is 10.9 Å². The summed E-state index contributed by atoms with van der Waals surface area (Å²) in [4.78, 5) is 3.23. The highest BCUT2D eigenvalue weighted by Crippen LogP contribution is 2.40. The Balaban J connectivity index is 2.09. The molecule has 0 unspecified atom stereocenters. The molecule has 1 saturated carbocycles. The smallest absolute Gasteiger partial charge is 0.143 e. The SMILES string of the molecule is COc1cc(CC2(O)CC2)cc2c(C)c[nH]c12. The topological polar surface area (TPSA) is 45.2 Å². The molecule has 1 heterocycles. The fourth-order valence-electron chi connectivity index (χ4n) is 2.35. The van der Waals surface area contributed by atoms with E-state index >= 15 is 0 Å². The summed E-state index contributed by atoms with van der Waals surface area (Å²) in [6, 6.07) is 4.18. The van der Waals surface area contributed by atoms with Crippen LogP contribution >= 0.6 is 0 Å². The second-order valence-electron chi connectivity index (χ2n) is 5.09. The van der Waals surface area contributed by atoms with Crippen molar-refractivity contribution in [1.29, 1.82) is 0 Å². The minimum Gasteiger partial charge on any atom is -0.495 e. The van der Waals surface area contributed by atoms with Gasteiger partial charge in [-0.05, 0) is 43.0 Å². The predicted octanol–water partition coefficient (Wildman–Crippen LogP) is 2.55. The third kappa shape index (κ3) is 1.80. The van der Waals surface area contributed by atoms with Crippen molar-refractivity contribution in [2.45, 2.75) is 31.8 Å². The van der Waals surface area contributed by atoms with Crippen LogP contribution < -0.4 is 4.74 Å². The van der Waals surface area contributed by atoms with Gasteiger partial charge in [-0.25, -0.2) is 0 Å². The third-order valence-electron chi connectivity index (χ3n) is 3.60. The number of aromatic amines is 1. The van der Waals surface area contributed by atoms with Gasteiger partial charge < -0.3 is 14.8 Å². The molecule has 1 aliphatic carbocycles. The molecular formula is C14H17NO2. The summed E-state index contributed by atoms with van der Waals surface area (Å²) in [5, 5.41) is 11.2. The highest BCUT2D eigenvalue weighted by molar-refractivity contribution is 5.89. The third-order valence-corrected chi connectivity index (χ3v) is 3.60. The summed E-state index contributed by atoms with van der Waals surface area (Å²) in [7, 11) is 1.68. The van der Waals surface area contributed by atoms with Crippen molar-refractivity contribution in [3.63, 3.8) is 0 Å². The number of fused-ring (bicyclic) bond motifs is 1. The van der Waals surface area contributed by atoms with Crippen molar-refractivity contribution < 1.29 is 9.84 Å². The summed E-state index contributed by atoms with van der Waals surface area (Å²) in [5.74, 6) is 0.856. The van der Waals surface area contributed by atoms with Crippen LogP contribution in [0.4, 0.5) is 0 Å². The number of hydrogen-bond donors (Lipinski definition) is 2. The monoisotopic (exact) mass is 231 g/mol. The number of hydrogen-bond acceptors (Lipinski definition) is 2. The molecule has 2 N–H and O–H groups in total. The van der Waals surface area contributed by atoms with Crippen LogP contribution in [-0.2, 0) is 6.42 Å². The summed E-state index contributed by atoms with van der Waals surface area (Å²) in [5.41, 5.74) is 2.94. The molecule has 90 valence electrons. The Morgan fingerprint density at radius 2 is 2.18 bits per heavy atom. The van der Waals surface area contributed by atoms with Gasteiger partial charge in [-0.2, -0.15) is 0 Å². The van der Waals surface area contributed by atoms with Crippen molar-refractivity contribution in [1.82, 2.24) is 4.98 Å². The van der Waals surface area contributed by atoms with E-state index in [9.17, 15) is 5.11 Å². The van der Waals surface area contributed by atoms with Gasteiger partial charge in [0.15, 0.2) is 0 Å². The highest BCUT2D eigenvalue weighted by Gasteiger charge is 2.40. The lowest BCUT2D eigenvalue weighted by Crippen LogP contribution is -2.10.